The van der Waals surface area contributed by atoms with Crippen LogP contribution in [-0.4, -0.2) is 70.7 Å². The van der Waals surface area contributed by atoms with Gasteiger partial charge in [0.05, 0.1) is 11.0 Å². The van der Waals surface area contributed by atoms with Crippen LogP contribution in [0.4, 0.5) is 5.82 Å². The Balaban J connectivity index is 1.08. The molecule has 258 valence electrons. The molecule has 3 aromatic carbocycles. The Morgan fingerprint density at radius 3 is 2.58 bits per heavy atom. The van der Waals surface area contributed by atoms with Crippen molar-refractivity contribution in [3.05, 3.63) is 114 Å². The molecule has 6 aromatic rings. The number of carbonyl (C=O) groups excluding carboxylic acids is 1. The number of nitrogens with zero attached hydrogens (tertiary/aromatic N) is 5. The summed E-state index contributed by atoms with van der Waals surface area (Å²) < 4.78 is 14.0. The molecule has 50 heavy (non-hydrogen) atoms. The van der Waals surface area contributed by atoms with Gasteiger partial charge in [0.1, 0.15) is 30.3 Å². The van der Waals surface area contributed by atoms with Crippen LogP contribution in [0, 0.1) is 0 Å². The van der Waals surface area contributed by atoms with Crippen LogP contribution < -0.4 is 15.8 Å². The largest absolute Gasteiger partial charge is 0.492 e. The summed E-state index contributed by atoms with van der Waals surface area (Å²) >= 11 is 0. The topological polar surface area (TPSA) is 120 Å². The van der Waals surface area contributed by atoms with Crippen molar-refractivity contribution in [1.29, 1.82) is 0 Å². The maximum absolute atomic E-state index is 13.0. The highest BCUT2D eigenvalue weighted by Crippen LogP contribution is 2.32. The number of rotatable bonds is 16. The summed E-state index contributed by atoms with van der Waals surface area (Å²) in [5.41, 5.74) is 13.8. The highest BCUT2D eigenvalue weighted by molar-refractivity contribution is 6.07. The zero-order chi connectivity index (χ0) is 34.9. The first-order chi connectivity index (χ1) is 24.4. The fourth-order valence-electron chi connectivity index (χ4n) is 6.04. The molecule has 0 atom stereocenters. The molecule has 10 heteroatoms. The first kappa shape index (κ1) is 34.5. The Labute approximate surface area is 293 Å². The zero-order valence-corrected chi connectivity index (χ0v) is 29.1. The van der Waals surface area contributed by atoms with Crippen LogP contribution in [0.5, 0.6) is 5.75 Å². The van der Waals surface area contributed by atoms with E-state index >= 15 is 0 Å². The fourth-order valence-corrected chi connectivity index (χ4v) is 6.04. The van der Waals surface area contributed by atoms with Gasteiger partial charge >= 0.3 is 0 Å². The number of nitrogens with two attached hydrogens (primary N) is 1. The Morgan fingerprint density at radius 1 is 0.960 bits per heavy atom. The minimum atomic E-state index is -0.0802. The van der Waals surface area contributed by atoms with Crippen LogP contribution in [0.15, 0.2) is 91.3 Å². The predicted octanol–water partition coefficient (Wildman–Crippen LogP) is 6.51. The average Bonchev–Trinajstić information content (AvgIpc) is 3.50. The van der Waals surface area contributed by atoms with Gasteiger partial charge in [-0.15, -0.1) is 0 Å². The number of nitrogen functional groups attached to an aromatic ring is 1. The van der Waals surface area contributed by atoms with Crippen molar-refractivity contribution in [1.82, 2.24) is 29.7 Å². The van der Waals surface area contributed by atoms with E-state index in [1.54, 1.807) is 6.20 Å². The van der Waals surface area contributed by atoms with Gasteiger partial charge in [-0.2, -0.15) is 0 Å². The molecular weight excluding hydrogens is 626 g/mol. The van der Waals surface area contributed by atoms with Crippen LogP contribution in [0.1, 0.15) is 47.1 Å². The monoisotopic (exact) mass is 671 g/mol. The van der Waals surface area contributed by atoms with E-state index in [4.69, 9.17) is 25.2 Å². The Morgan fingerprint density at radius 2 is 1.80 bits per heavy atom. The maximum atomic E-state index is 13.0. The predicted molar refractivity (Wildman–Crippen MR) is 199 cm³/mol. The van der Waals surface area contributed by atoms with Crippen LogP contribution in [0.3, 0.4) is 0 Å². The van der Waals surface area contributed by atoms with Crippen molar-refractivity contribution in [3.63, 3.8) is 0 Å². The molecule has 0 aliphatic carbocycles. The van der Waals surface area contributed by atoms with Gasteiger partial charge in [0, 0.05) is 61.6 Å². The lowest BCUT2D eigenvalue weighted by atomic mass is 10.0. The lowest BCUT2D eigenvalue weighted by Gasteiger charge is -2.14. The number of fused-ring (bicyclic) bond motifs is 3. The fraction of sp³-hybridized carbons (Fsp3) is 0.300. The number of benzene rings is 3. The highest BCUT2D eigenvalue weighted by Gasteiger charge is 2.18. The number of amides is 1. The van der Waals surface area contributed by atoms with Gasteiger partial charge in [0.15, 0.2) is 5.82 Å². The number of imidazole rings is 1. The molecule has 0 unspecified atom stereocenters. The maximum Gasteiger partial charge on any atom is 0.251 e. The first-order valence-electron chi connectivity index (χ1n) is 17.2. The number of hydrogen-bond donors (Lipinski definition) is 2. The van der Waals surface area contributed by atoms with Crippen molar-refractivity contribution in [2.24, 2.45) is 0 Å². The van der Waals surface area contributed by atoms with E-state index in [-0.39, 0.29) is 5.91 Å². The van der Waals surface area contributed by atoms with E-state index in [1.807, 2.05) is 87.9 Å². The Bertz CT molecular complexity index is 2040. The number of hydrogen-bond acceptors (Lipinski definition) is 8. The smallest absolute Gasteiger partial charge is 0.251 e. The van der Waals surface area contributed by atoms with E-state index in [9.17, 15) is 4.79 Å². The quantitative estimate of drug-likeness (QED) is 0.112. The molecule has 0 fully saturated rings. The highest BCUT2D eigenvalue weighted by atomic mass is 16.5. The molecule has 0 radical (unpaired) electrons. The van der Waals surface area contributed by atoms with Crippen molar-refractivity contribution < 1.29 is 14.3 Å². The first-order valence-corrected chi connectivity index (χ1v) is 17.2. The number of likely N-dealkylation sites (N-methyl/N-ethyl adjacent to an activating group) is 1. The number of aromatic nitrogens is 4. The van der Waals surface area contributed by atoms with E-state index in [1.165, 1.54) is 0 Å². The number of para-hydroxylation sites is 1. The van der Waals surface area contributed by atoms with E-state index in [0.29, 0.717) is 49.8 Å². The number of carbonyl (C=O) groups is 1. The third kappa shape index (κ3) is 8.27. The summed E-state index contributed by atoms with van der Waals surface area (Å²) in [5, 5.41) is 4.07. The number of pyridine rings is 2. The SMILES string of the molecule is CCOCc1nc2c(N)nc3cc(-c4cccnc4)ccc3c2n1CCCCNC(=O)c1ccc(Cc2ccccc2OCCN(C)C)cc1. The molecule has 0 aliphatic heterocycles. The van der Waals surface area contributed by atoms with Gasteiger partial charge in [0.2, 0.25) is 0 Å². The molecule has 3 heterocycles. The molecule has 3 N–H and O–H groups in total. The summed E-state index contributed by atoms with van der Waals surface area (Å²) in [6.45, 7) is 5.67. The lowest BCUT2D eigenvalue weighted by molar-refractivity contribution is 0.0953. The van der Waals surface area contributed by atoms with Gasteiger partial charge in [-0.1, -0.05) is 48.5 Å². The molecule has 3 aromatic heterocycles. The second-order valence-electron chi connectivity index (χ2n) is 12.6. The van der Waals surface area contributed by atoms with Crippen LogP contribution in [0.25, 0.3) is 33.1 Å². The van der Waals surface area contributed by atoms with Crippen molar-refractivity contribution in [3.8, 4) is 16.9 Å². The molecule has 0 spiro atoms. The van der Waals surface area contributed by atoms with Gasteiger partial charge < -0.3 is 30.0 Å². The molecule has 0 saturated carbocycles. The van der Waals surface area contributed by atoms with Gasteiger partial charge in [-0.25, -0.2) is 9.97 Å². The summed E-state index contributed by atoms with van der Waals surface area (Å²) in [4.78, 5) is 28.9. The zero-order valence-electron chi connectivity index (χ0n) is 29.1. The van der Waals surface area contributed by atoms with E-state index < -0.39 is 0 Å². The van der Waals surface area contributed by atoms with Crippen LogP contribution in [-0.2, 0) is 24.3 Å². The minimum Gasteiger partial charge on any atom is -0.492 e. The second-order valence-corrected chi connectivity index (χ2v) is 12.6. The number of nitrogens with one attached hydrogen (secondary N) is 1. The summed E-state index contributed by atoms with van der Waals surface area (Å²) in [7, 11) is 4.07. The molecule has 0 aliphatic rings. The average molecular weight is 672 g/mol. The van der Waals surface area contributed by atoms with Gasteiger partial charge in [-0.05, 0) is 80.9 Å². The third-order valence-corrected chi connectivity index (χ3v) is 8.69. The van der Waals surface area contributed by atoms with Gasteiger partial charge in [-0.3, -0.25) is 9.78 Å². The van der Waals surface area contributed by atoms with Crippen LogP contribution in [0.2, 0.25) is 0 Å². The minimum absolute atomic E-state index is 0.0802. The van der Waals surface area contributed by atoms with Crippen molar-refractivity contribution in [2.45, 2.75) is 39.3 Å². The van der Waals surface area contributed by atoms with Crippen molar-refractivity contribution in [2.75, 3.05) is 46.1 Å². The summed E-state index contributed by atoms with van der Waals surface area (Å²) in [5.74, 6) is 2.02. The molecular formula is C40H45N7O3. The molecule has 0 saturated heterocycles. The van der Waals surface area contributed by atoms with Gasteiger partial charge in [0.25, 0.3) is 5.91 Å². The molecule has 0 bridgehead atoms. The Kier molecular flexibility index (Phi) is 11.3. The van der Waals surface area contributed by atoms with E-state index in [0.717, 1.165) is 76.1 Å². The molecule has 10 nitrogen and oxygen atoms in total. The number of ether oxygens (including phenoxy) is 2. The molecule has 1 amide bonds. The molecule has 6 rings (SSSR count). The van der Waals surface area contributed by atoms with E-state index in [2.05, 4.69) is 38.0 Å². The Hall–Kier alpha value is -5.32. The van der Waals surface area contributed by atoms with Crippen LogP contribution >= 0.6 is 0 Å². The van der Waals surface area contributed by atoms with Crippen molar-refractivity contribution >= 4 is 33.7 Å². The number of unbranched alkanes of at least 4 members (excludes halogenated alkanes) is 1. The second kappa shape index (κ2) is 16.4. The lowest BCUT2D eigenvalue weighted by Crippen LogP contribution is -2.24. The number of anilines is 1. The standard InChI is InChI=1S/C40H45N7O3/c1-4-49-27-36-45-37-38(33-18-17-30(25-34(33)44-39(37)41)32-11-9-19-42-26-32)47(36)21-8-7-20-43-40(48)29-15-13-28(14-16-29)24-31-10-5-6-12-35(31)50-23-22-46(2)3/h5-6,9-19,25-26H,4,7-8,20-24,27H2,1-3H3,(H2,41,44)(H,43,48). The number of aryl methyl sites for hydroxylation is 1. The third-order valence-electron chi connectivity index (χ3n) is 8.69. The normalized spacial score (nSPS) is 11.4. The summed E-state index contributed by atoms with van der Waals surface area (Å²) in [6.07, 6.45) is 5.96. The summed E-state index contributed by atoms with van der Waals surface area (Å²) in [6, 6.07) is 26.1.